The van der Waals surface area contributed by atoms with Crippen molar-refractivity contribution in [3.05, 3.63) is 84.4 Å². The highest BCUT2D eigenvalue weighted by Gasteiger charge is 2.13. The van der Waals surface area contributed by atoms with Gasteiger partial charge in [0.05, 0.1) is 12.0 Å². The zero-order valence-corrected chi connectivity index (χ0v) is 16.1. The average Bonchev–Trinajstić information content (AvgIpc) is 2.73. The van der Waals surface area contributed by atoms with Gasteiger partial charge in [-0.15, -0.1) is 0 Å². The maximum atomic E-state index is 12.4. The molecule has 0 atom stereocenters. The lowest BCUT2D eigenvalue weighted by atomic mass is 10.2. The van der Waals surface area contributed by atoms with Crippen LogP contribution in [0, 0.1) is 0 Å². The van der Waals surface area contributed by atoms with Crippen LogP contribution in [0.15, 0.2) is 83.8 Å². The van der Waals surface area contributed by atoms with Crippen molar-refractivity contribution in [3.63, 3.8) is 0 Å². The zero-order chi connectivity index (χ0) is 20.0. The first-order valence-electron chi connectivity index (χ1n) is 8.55. The summed E-state index contributed by atoms with van der Waals surface area (Å²) in [4.78, 5) is 12.6. The van der Waals surface area contributed by atoms with Gasteiger partial charge in [-0.1, -0.05) is 24.3 Å². The summed E-state index contributed by atoms with van der Waals surface area (Å²) in [7, 11) is -1.87. The highest BCUT2D eigenvalue weighted by Crippen LogP contribution is 2.18. The number of rotatable bonds is 7. The number of nitrogens with one attached hydrogen (secondary N) is 2. The molecule has 0 aliphatic heterocycles. The predicted octanol–water partition coefficient (Wildman–Crippen LogP) is 3.79. The highest BCUT2D eigenvalue weighted by molar-refractivity contribution is 7.91. The van der Waals surface area contributed by atoms with E-state index in [0.717, 1.165) is 0 Å². The van der Waals surface area contributed by atoms with Crippen molar-refractivity contribution in [2.45, 2.75) is 4.90 Å². The van der Waals surface area contributed by atoms with Crippen LogP contribution in [0.4, 0.5) is 11.4 Å². The van der Waals surface area contributed by atoms with Gasteiger partial charge in [0.2, 0.25) is 0 Å². The molecular weight excluding hydrogens is 376 g/mol. The molecule has 2 N–H and O–H groups in total. The van der Waals surface area contributed by atoms with Gasteiger partial charge in [-0.2, -0.15) is 0 Å². The third-order valence-corrected chi connectivity index (χ3v) is 5.56. The second kappa shape index (κ2) is 8.58. The molecule has 1 amide bonds. The molecule has 3 aromatic carbocycles. The van der Waals surface area contributed by atoms with E-state index in [4.69, 9.17) is 4.74 Å². The summed E-state index contributed by atoms with van der Waals surface area (Å²) in [6.07, 6.45) is 0. The molecule has 0 saturated heterocycles. The van der Waals surface area contributed by atoms with Gasteiger partial charge < -0.3 is 15.4 Å². The van der Waals surface area contributed by atoms with Crippen molar-refractivity contribution in [1.29, 1.82) is 0 Å². The molecule has 0 heterocycles. The van der Waals surface area contributed by atoms with Gasteiger partial charge in [0.25, 0.3) is 5.91 Å². The Morgan fingerprint density at radius 3 is 2.29 bits per heavy atom. The molecule has 0 aromatic heterocycles. The molecule has 144 valence electrons. The molecule has 0 fully saturated rings. The van der Waals surface area contributed by atoms with Crippen LogP contribution in [0.25, 0.3) is 0 Å². The average molecular weight is 396 g/mol. The molecule has 0 aliphatic rings. The summed E-state index contributed by atoms with van der Waals surface area (Å²) in [5.74, 6) is 0.153. The van der Waals surface area contributed by atoms with Gasteiger partial charge in [-0.05, 0) is 48.5 Å². The molecule has 0 bridgehead atoms. The van der Waals surface area contributed by atoms with Gasteiger partial charge in [0.1, 0.15) is 11.6 Å². The van der Waals surface area contributed by atoms with E-state index < -0.39 is 9.84 Å². The van der Waals surface area contributed by atoms with Crippen molar-refractivity contribution in [2.75, 3.05) is 23.6 Å². The van der Waals surface area contributed by atoms with Crippen LogP contribution < -0.4 is 15.4 Å². The van der Waals surface area contributed by atoms with Crippen LogP contribution in [0.3, 0.4) is 0 Å². The Balaban J connectivity index is 1.62. The van der Waals surface area contributed by atoms with E-state index in [1.807, 2.05) is 0 Å². The molecule has 6 nitrogen and oxygen atoms in total. The number of carbonyl (C=O) groups excluding carboxylic acids is 1. The number of benzene rings is 3. The fourth-order valence-corrected chi connectivity index (χ4v) is 3.63. The Bertz CT molecular complexity index is 1050. The minimum absolute atomic E-state index is 0.230. The van der Waals surface area contributed by atoms with Crippen molar-refractivity contribution >= 4 is 27.1 Å². The van der Waals surface area contributed by atoms with Crippen molar-refractivity contribution in [1.82, 2.24) is 0 Å². The van der Waals surface area contributed by atoms with E-state index in [1.54, 1.807) is 86.0 Å². The molecule has 0 unspecified atom stereocenters. The third-order valence-electron chi connectivity index (χ3n) is 4.04. The van der Waals surface area contributed by atoms with Crippen LogP contribution in [-0.2, 0) is 9.84 Å². The van der Waals surface area contributed by atoms with Crippen LogP contribution in [0.5, 0.6) is 5.75 Å². The van der Waals surface area contributed by atoms with Crippen molar-refractivity contribution < 1.29 is 17.9 Å². The number of hydrogen-bond acceptors (Lipinski definition) is 5. The Kier molecular flexibility index (Phi) is 5.96. The smallest absolute Gasteiger partial charge is 0.255 e. The quantitative estimate of drug-likeness (QED) is 0.635. The second-order valence-corrected chi connectivity index (χ2v) is 8.00. The summed E-state index contributed by atoms with van der Waals surface area (Å²) in [5.41, 5.74) is 1.69. The monoisotopic (exact) mass is 396 g/mol. The lowest BCUT2D eigenvalue weighted by molar-refractivity contribution is 0.102. The summed E-state index contributed by atoms with van der Waals surface area (Å²) in [6.45, 7) is 0. The molecular formula is C21H20N2O4S. The SMILES string of the molecule is COc1cccc(NC(=O)c2ccc(NCS(=O)(=O)c3ccccc3)cc2)c1. The van der Waals surface area contributed by atoms with Gasteiger partial charge in [0, 0.05) is 23.0 Å². The summed E-state index contributed by atoms with van der Waals surface area (Å²) < 4.78 is 29.7. The molecule has 0 radical (unpaired) electrons. The minimum atomic E-state index is -3.43. The lowest BCUT2D eigenvalue weighted by Gasteiger charge is -2.10. The van der Waals surface area contributed by atoms with E-state index in [0.29, 0.717) is 22.7 Å². The minimum Gasteiger partial charge on any atom is -0.497 e. The Morgan fingerprint density at radius 1 is 0.893 bits per heavy atom. The standard InChI is InChI=1S/C21H20N2O4S/c1-27-19-7-5-6-18(14-19)23-21(24)16-10-12-17(13-11-16)22-15-28(25,26)20-8-3-2-4-9-20/h2-14,22H,15H2,1H3,(H,23,24). The van der Waals surface area contributed by atoms with E-state index in [9.17, 15) is 13.2 Å². The lowest BCUT2D eigenvalue weighted by Crippen LogP contribution is -2.15. The van der Waals surface area contributed by atoms with Crippen LogP contribution in [0.2, 0.25) is 0 Å². The van der Waals surface area contributed by atoms with Crippen molar-refractivity contribution in [2.24, 2.45) is 0 Å². The van der Waals surface area contributed by atoms with Crippen LogP contribution >= 0.6 is 0 Å². The predicted molar refractivity (Wildman–Crippen MR) is 110 cm³/mol. The van der Waals surface area contributed by atoms with Gasteiger partial charge in [0.15, 0.2) is 9.84 Å². The van der Waals surface area contributed by atoms with Crippen molar-refractivity contribution in [3.8, 4) is 5.75 Å². The maximum absolute atomic E-state index is 12.4. The van der Waals surface area contributed by atoms with E-state index in [2.05, 4.69) is 10.6 Å². The normalized spacial score (nSPS) is 10.9. The maximum Gasteiger partial charge on any atom is 0.255 e. The highest BCUT2D eigenvalue weighted by atomic mass is 32.2. The second-order valence-electron chi connectivity index (χ2n) is 6.01. The molecule has 3 rings (SSSR count). The first kappa shape index (κ1) is 19.4. The number of methoxy groups -OCH3 is 1. The topological polar surface area (TPSA) is 84.5 Å². The first-order valence-corrected chi connectivity index (χ1v) is 10.2. The fraction of sp³-hybridized carbons (Fsp3) is 0.0952. The Hall–Kier alpha value is -3.32. The Morgan fingerprint density at radius 2 is 1.61 bits per heavy atom. The number of carbonyl (C=O) groups is 1. The summed E-state index contributed by atoms with van der Waals surface area (Å²) in [6, 6.07) is 21.9. The van der Waals surface area contributed by atoms with Gasteiger partial charge in [-0.3, -0.25) is 4.79 Å². The third kappa shape index (κ3) is 4.89. The molecule has 3 aromatic rings. The number of sulfone groups is 1. The Labute approximate surface area is 164 Å². The van der Waals surface area contributed by atoms with E-state index >= 15 is 0 Å². The zero-order valence-electron chi connectivity index (χ0n) is 15.3. The fourth-order valence-electron chi connectivity index (χ4n) is 2.53. The van der Waals surface area contributed by atoms with Crippen LogP contribution in [0.1, 0.15) is 10.4 Å². The summed E-state index contributed by atoms with van der Waals surface area (Å²) in [5, 5.41) is 5.67. The largest absolute Gasteiger partial charge is 0.497 e. The molecule has 7 heteroatoms. The van der Waals surface area contributed by atoms with E-state index in [-0.39, 0.29) is 16.7 Å². The van der Waals surface area contributed by atoms with Gasteiger partial charge >= 0.3 is 0 Å². The molecule has 0 aliphatic carbocycles. The molecule has 0 spiro atoms. The van der Waals surface area contributed by atoms with Gasteiger partial charge in [-0.25, -0.2) is 8.42 Å². The molecule has 28 heavy (non-hydrogen) atoms. The molecule has 0 saturated carbocycles. The summed E-state index contributed by atoms with van der Waals surface area (Å²) >= 11 is 0. The van der Waals surface area contributed by atoms with E-state index in [1.165, 1.54) is 0 Å². The number of anilines is 2. The number of amides is 1. The number of ether oxygens (including phenoxy) is 1. The van der Waals surface area contributed by atoms with Crippen LogP contribution in [-0.4, -0.2) is 27.3 Å². The first-order chi connectivity index (χ1) is 13.5. The number of hydrogen-bond donors (Lipinski definition) is 2.